The number of amides is 1. The number of hydrogen-bond donors (Lipinski definition) is 1. The molecule has 28 heavy (non-hydrogen) atoms. The molecule has 0 unspecified atom stereocenters. The van der Waals surface area contributed by atoms with Crippen LogP contribution >= 0.6 is 11.6 Å². The topological polar surface area (TPSA) is 64.7 Å². The largest absolute Gasteiger partial charge is 0.435 e. The summed E-state index contributed by atoms with van der Waals surface area (Å²) in [5.74, 6) is -1.16. The molecule has 2 aromatic heterocycles. The number of nitrogens with zero attached hydrogens (tertiary/aromatic N) is 4. The van der Waals surface area contributed by atoms with E-state index in [2.05, 4.69) is 10.2 Å². The molecule has 0 fully saturated rings. The number of carbonyl (C=O) groups excluding carboxylic acids is 1. The lowest BCUT2D eigenvalue weighted by atomic mass is 10.2. The first kappa shape index (κ1) is 19.8. The number of anilines is 1. The highest BCUT2D eigenvalue weighted by Gasteiger charge is 2.39. The molecule has 2 heterocycles. The second kappa shape index (κ2) is 7.23. The van der Waals surface area contributed by atoms with Crippen LogP contribution in [-0.4, -0.2) is 25.5 Å². The fourth-order valence-electron chi connectivity index (χ4n) is 2.52. The maximum Gasteiger partial charge on any atom is 0.435 e. The SMILES string of the molecule is Cn1cc(C(=O)Nc2cnn(-c3ccc(Cl)cc3)c2C(F)(F)F)c(C(F)F)n1. The van der Waals surface area contributed by atoms with Crippen molar-refractivity contribution in [3.8, 4) is 5.69 Å². The fraction of sp³-hybridized carbons (Fsp3) is 0.188. The average molecular weight is 420 g/mol. The molecule has 0 saturated heterocycles. The van der Waals surface area contributed by atoms with Crippen molar-refractivity contribution in [2.75, 3.05) is 5.32 Å². The van der Waals surface area contributed by atoms with Crippen LogP contribution in [0, 0.1) is 0 Å². The van der Waals surface area contributed by atoms with E-state index in [4.69, 9.17) is 11.6 Å². The van der Waals surface area contributed by atoms with Crippen LogP contribution in [0.4, 0.5) is 27.6 Å². The quantitative estimate of drug-likeness (QED) is 0.635. The second-order valence-corrected chi connectivity index (χ2v) is 6.09. The Labute approximate surface area is 159 Å². The third-order valence-electron chi connectivity index (χ3n) is 3.67. The van der Waals surface area contributed by atoms with Gasteiger partial charge in [0.1, 0.15) is 5.69 Å². The summed E-state index contributed by atoms with van der Waals surface area (Å²) >= 11 is 5.73. The lowest BCUT2D eigenvalue weighted by molar-refractivity contribution is -0.142. The molecule has 0 aliphatic rings. The Hall–Kier alpha value is -2.95. The van der Waals surface area contributed by atoms with Crippen molar-refractivity contribution in [2.24, 2.45) is 7.05 Å². The molecule has 0 aliphatic carbocycles. The van der Waals surface area contributed by atoms with Crippen molar-refractivity contribution in [1.82, 2.24) is 19.6 Å². The van der Waals surface area contributed by atoms with Crippen LogP contribution in [0.25, 0.3) is 5.69 Å². The highest BCUT2D eigenvalue weighted by atomic mass is 35.5. The number of hydrogen-bond acceptors (Lipinski definition) is 3. The van der Waals surface area contributed by atoms with Crippen molar-refractivity contribution in [1.29, 1.82) is 0 Å². The van der Waals surface area contributed by atoms with Crippen molar-refractivity contribution >= 4 is 23.2 Å². The summed E-state index contributed by atoms with van der Waals surface area (Å²) in [7, 11) is 1.31. The van der Waals surface area contributed by atoms with E-state index in [1.165, 1.54) is 31.3 Å². The first-order chi connectivity index (χ1) is 13.1. The van der Waals surface area contributed by atoms with Crippen LogP contribution in [0.3, 0.4) is 0 Å². The molecule has 0 radical (unpaired) electrons. The minimum atomic E-state index is -4.89. The van der Waals surface area contributed by atoms with Crippen LogP contribution in [0.15, 0.2) is 36.7 Å². The van der Waals surface area contributed by atoms with E-state index in [9.17, 15) is 26.7 Å². The number of aromatic nitrogens is 4. The number of benzene rings is 1. The molecule has 0 aliphatic heterocycles. The highest BCUT2D eigenvalue weighted by Crippen LogP contribution is 2.37. The summed E-state index contributed by atoms with van der Waals surface area (Å²) in [5, 5.41) is 9.42. The number of nitrogens with one attached hydrogen (secondary N) is 1. The lowest BCUT2D eigenvalue weighted by Crippen LogP contribution is -2.19. The predicted molar refractivity (Wildman–Crippen MR) is 89.7 cm³/mol. The zero-order chi connectivity index (χ0) is 20.6. The number of aryl methyl sites for hydroxylation is 1. The van der Waals surface area contributed by atoms with E-state index in [-0.39, 0.29) is 5.69 Å². The van der Waals surface area contributed by atoms with Gasteiger partial charge in [0.05, 0.1) is 23.1 Å². The predicted octanol–water partition coefficient (Wildman–Crippen LogP) is 4.47. The second-order valence-electron chi connectivity index (χ2n) is 5.65. The van der Waals surface area contributed by atoms with E-state index >= 15 is 0 Å². The van der Waals surface area contributed by atoms with Gasteiger partial charge in [0.15, 0.2) is 5.69 Å². The van der Waals surface area contributed by atoms with Gasteiger partial charge in [0, 0.05) is 18.3 Å². The molecule has 3 rings (SSSR count). The van der Waals surface area contributed by atoms with Gasteiger partial charge in [-0.2, -0.15) is 23.4 Å². The fourth-order valence-corrected chi connectivity index (χ4v) is 2.65. The Morgan fingerprint density at radius 3 is 2.43 bits per heavy atom. The molecule has 1 amide bonds. The molecule has 0 saturated carbocycles. The van der Waals surface area contributed by atoms with E-state index in [1.807, 2.05) is 5.32 Å². The van der Waals surface area contributed by atoms with Gasteiger partial charge in [-0.1, -0.05) is 11.6 Å². The van der Waals surface area contributed by atoms with Gasteiger partial charge in [-0.3, -0.25) is 9.48 Å². The summed E-state index contributed by atoms with van der Waals surface area (Å²) in [6, 6.07) is 5.38. The Kier molecular flexibility index (Phi) is 5.11. The van der Waals surface area contributed by atoms with Crippen molar-refractivity contribution in [3.05, 3.63) is 58.6 Å². The van der Waals surface area contributed by atoms with Gasteiger partial charge in [-0.15, -0.1) is 0 Å². The van der Waals surface area contributed by atoms with Crippen LogP contribution in [0.1, 0.15) is 28.2 Å². The molecular weight excluding hydrogens is 409 g/mol. The standard InChI is InChI=1S/C16H11ClF5N5O/c1-26-7-10(12(25-26)14(18)19)15(28)24-11-6-23-27(13(11)16(20,21)22)9-4-2-8(17)3-5-9/h2-7,14H,1H3,(H,24,28). The summed E-state index contributed by atoms with van der Waals surface area (Å²) in [6.45, 7) is 0. The molecule has 0 bridgehead atoms. The van der Waals surface area contributed by atoms with Crippen molar-refractivity contribution in [3.63, 3.8) is 0 Å². The maximum absolute atomic E-state index is 13.6. The van der Waals surface area contributed by atoms with Crippen LogP contribution in [0.5, 0.6) is 0 Å². The third-order valence-corrected chi connectivity index (χ3v) is 3.92. The normalized spacial score (nSPS) is 11.9. The van der Waals surface area contributed by atoms with Gasteiger partial charge in [0.25, 0.3) is 12.3 Å². The molecule has 3 aromatic rings. The Bertz CT molecular complexity index is 1010. The summed E-state index contributed by atoms with van der Waals surface area (Å²) < 4.78 is 68.3. The monoisotopic (exact) mass is 419 g/mol. The average Bonchev–Trinajstić information content (AvgIpc) is 3.19. The minimum Gasteiger partial charge on any atom is -0.319 e. The van der Waals surface area contributed by atoms with Crippen molar-refractivity contribution in [2.45, 2.75) is 12.6 Å². The summed E-state index contributed by atoms with van der Waals surface area (Å²) in [5.41, 5.74) is -3.28. The highest BCUT2D eigenvalue weighted by molar-refractivity contribution is 6.30. The van der Waals surface area contributed by atoms with Crippen LogP contribution < -0.4 is 5.32 Å². The van der Waals surface area contributed by atoms with Crippen LogP contribution in [0.2, 0.25) is 5.02 Å². The molecular formula is C16H11ClF5N5O. The first-order valence-electron chi connectivity index (χ1n) is 7.62. The number of rotatable bonds is 4. The third kappa shape index (κ3) is 3.84. The molecule has 6 nitrogen and oxygen atoms in total. The van der Waals surface area contributed by atoms with E-state index in [1.54, 1.807) is 0 Å². The maximum atomic E-state index is 13.6. The zero-order valence-corrected chi connectivity index (χ0v) is 14.8. The van der Waals surface area contributed by atoms with E-state index in [0.717, 1.165) is 17.1 Å². The number of halogens is 6. The van der Waals surface area contributed by atoms with Gasteiger partial charge in [-0.05, 0) is 24.3 Å². The van der Waals surface area contributed by atoms with E-state index in [0.29, 0.717) is 9.70 Å². The summed E-state index contributed by atoms with van der Waals surface area (Å²) in [6.07, 6.45) is -6.18. The van der Waals surface area contributed by atoms with Gasteiger partial charge in [0.2, 0.25) is 0 Å². The Balaban J connectivity index is 2.01. The van der Waals surface area contributed by atoms with E-state index < -0.39 is 41.1 Å². The molecule has 0 spiro atoms. The number of alkyl halides is 5. The molecule has 12 heteroatoms. The van der Waals surface area contributed by atoms with Gasteiger partial charge < -0.3 is 5.32 Å². The van der Waals surface area contributed by atoms with Gasteiger partial charge >= 0.3 is 6.18 Å². The lowest BCUT2D eigenvalue weighted by Gasteiger charge is -2.13. The molecule has 1 N–H and O–H groups in total. The molecule has 148 valence electrons. The number of carbonyl (C=O) groups is 1. The zero-order valence-electron chi connectivity index (χ0n) is 14.0. The molecule has 1 aromatic carbocycles. The summed E-state index contributed by atoms with van der Waals surface area (Å²) in [4.78, 5) is 12.3. The van der Waals surface area contributed by atoms with Crippen molar-refractivity contribution < 1.29 is 26.7 Å². The Morgan fingerprint density at radius 1 is 1.21 bits per heavy atom. The molecule has 0 atom stereocenters. The smallest absolute Gasteiger partial charge is 0.319 e. The minimum absolute atomic E-state index is 0.0480. The van der Waals surface area contributed by atoms with Gasteiger partial charge in [-0.25, -0.2) is 13.5 Å². The first-order valence-corrected chi connectivity index (χ1v) is 8.00. The van der Waals surface area contributed by atoms with Crippen LogP contribution in [-0.2, 0) is 13.2 Å². The Morgan fingerprint density at radius 2 is 1.86 bits per heavy atom.